The molecule has 0 fully saturated rings. The Morgan fingerprint density at radius 2 is 2.05 bits per heavy atom. The van der Waals surface area contributed by atoms with Crippen molar-refractivity contribution in [2.75, 3.05) is 13.7 Å². The Morgan fingerprint density at radius 1 is 1.25 bits per heavy atom. The van der Waals surface area contributed by atoms with E-state index in [0.29, 0.717) is 12.2 Å². The van der Waals surface area contributed by atoms with E-state index in [1.165, 1.54) is 6.07 Å². The van der Waals surface area contributed by atoms with Crippen LogP contribution in [0.4, 0.5) is 8.78 Å². The highest BCUT2D eigenvalue weighted by Crippen LogP contribution is 2.21. The van der Waals surface area contributed by atoms with Crippen molar-refractivity contribution in [1.29, 1.82) is 0 Å². The first-order valence-corrected chi connectivity index (χ1v) is 6.35. The standard InChI is InChI=1S/C15H17F2NO2/c1-10(11-5-6-12(16)13(17)8-11)18-14(9-19-2)15-4-3-7-20-15/h3-8,10,14,18H,9H2,1-2H3/t10-,14+/m0/s1. The van der Waals surface area contributed by atoms with E-state index in [2.05, 4.69) is 5.32 Å². The van der Waals surface area contributed by atoms with Crippen molar-refractivity contribution in [3.05, 3.63) is 59.6 Å². The van der Waals surface area contributed by atoms with Crippen LogP contribution in [0, 0.1) is 11.6 Å². The molecule has 0 amide bonds. The Morgan fingerprint density at radius 3 is 2.65 bits per heavy atom. The van der Waals surface area contributed by atoms with E-state index in [4.69, 9.17) is 9.15 Å². The molecule has 0 radical (unpaired) electrons. The van der Waals surface area contributed by atoms with Gasteiger partial charge in [-0.3, -0.25) is 5.32 Å². The molecule has 1 aromatic carbocycles. The average molecular weight is 281 g/mol. The zero-order valence-electron chi connectivity index (χ0n) is 11.4. The lowest BCUT2D eigenvalue weighted by Crippen LogP contribution is -2.27. The quantitative estimate of drug-likeness (QED) is 0.878. The zero-order chi connectivity index (χ0) is 14.5. The smallest absolute Gasteiger partial charge is 0.159 e. The minimum atomic E-state index is -0.850. The van der Waals surface area contributed by atoms with Crippen LogP contribution < -0.4 is 5.32 Å². The lowest BCUT2D eigenvalue weighted by Gasteiger charge is -2.21. The SMILES string of the molecule is COC[C@@H](N[C@@H](C)c1ccc(F)c(F)c1)c1ccco1. The molecule has 0 saturated carbocycles. The van der Waals surface area contributed by atoms with Crippen LogP contribution in [0.5, 0.6) is 0 Å². The summed E-state index contributed by atoms with van der Waals surface area (Å²) < 4.78 is 36.7. The number of hydrogen-bond donors (Lipinski definition) is 1. The van der Waals surface area contributed by atoms with Crippen LogP contribution in [0.3, 0.4) is 0 Å². The first kappa shape index (κ1) is 14.7. The van der Waals surface area contributed by atoms with Gasteiger partial charge in [0, 0.05) is 13.2 Å². The molecular weight excluding hydrogens is 264 g/mol. The third-order valence-corrected chi connectivity index (χ3v) is 3.11. The van der Waals surface area contributed by atoms with Crippen molar-refractivity contribution in [3.8, 4) is 0 Å². The maximum Gasteiger partial charge on any atom is 0.159 e. The fraction of sp³-hybridized carbons (Fsp3) is 0.333. The number of benzene rings is 1. The first-order valence-electron chi connectivity index (χ1n) is 6.35. The molecule has 1 heterocycles. The van der Waals surface area contributed by atoms with Crippen LogP contribution in [0.1, 0.15) is 30.3 Å². The maximum atomic E-state index is 13.3. The molecule has 108 valence electrons. The summed E-state index contributed by atoms with van der Waals surface area (Å²) in [6.07, 6.45) is 1.59. The van der Waals surface area contributed by atoms with Crippen molar-refractivity contribution in [3.63, 3.8) is 0 Å². The van der Waals surface area contributed by atoms with Gasteiger partial charge in [0.05, 0.1) is 18.9 Å². The predicted octanol–water partition coefficient (Wildman–Crippen LogP) is 3.60. The highest BCUT2D eigenvalue weighted by Gasteiger charge is 2.18. The van der Waals surface area contributed by atoms with Crippen molar-refractivity contribution in [2.45, 2.75) is 19.0 Å². The van der Waals surface area contributed by atoms with Gasteiger partial charge in [-0.15, -0.1) is 0 Å². The van der Waals surface area contributed by atoms with E-state index in [1.807, 2.05) is 13.0 Å². The van der Waals surface area contributed by atoms with Crippen LogP contribution >= 0.6 is 0 Å². The second-order valence-corrected chi connectivity index (χ2v) is 4.59. The number of furan rings is 1. The van der Waals surface area contributed by atoms with Gasteiger partial charge in [0.25, 0.3) is 0 Å². The lowest BCUT2D eigenvalue weighted by molar-refractivity contribution is 0.152. The van der Waals surface area contributed by atoms with Gasteiger partial charge in [0.2, 0.25) is 0 Å². The highest BCUT2D eigenvalue weighted by atomic mass is 19.2. The van der Waals surface area contributed by atoms with Crippen molar-refractivity contribution in [1.82, 2.24) is 5.32 Å². The molecule has 0 aliphatic rings. The number of rotatable bonds is 6. The number of ether oxygens (including phenoxy) is 1. The maximum absolute atomic E-state index is 13.3. The van der Waals surface area contributed by atoms with Gasteiger partial charge in [-0.1, -0.05) is 6.07 Å². The normalized spacial score (nSPS) is 14.2. The molecule has 1 aromatic heterocycles. The molecule has 2 atom stereocenters. The average Bonchev–Trinajstić information content (AvgIpc) is 2.95. The molecule has 0 bridgehead atoms. The molecule has 0 unspecified atom stereocenters. The van der Waals surface area contributed by atoms with Gasteiger partial charge < -0.3 is 9.15 Å². The van der Waals surface area contributed by atoms with Crippen molar-refractivity contribution in [2.24, 2.45) is 0 Å². The van der Waals surface area contributed by atoms with E-state index in [9.17, 15) is 8.78 Å². The molecule has 0 aliphatic carbocycles. The highest BCUT2D eigenvalue weighted by molar-refractivity contribution is 5.21. The molecule has 0 aliphatic heterocycles. The van der Waals surface area contributed by atoms with Crippen LogP contribution in [-0.4, -0.2) is 13.7 Å². The first-order chi connectivity index (χ1) is 9.61. The Balaban J connectivity index is 2.11. The second kappa shape index (κ2) is 6.63. The number of nitrogens with one attached hydrogen (secondary N) is 1. The Kier molecular flexibility index (Phi) is 4.87. The predicted molar refractivity (Wildman–Crippen MR) is 71.2 cm³/mol. The minimum absolute atomic E-state index is 0.155. The third-order valence-electron chi connectivity index (χ3n) is 3.11. The Bertz CT molecular complexity index is 543. The molecule has 5 heteroatoms. The van der Waals surface area contributed by atoms with Gasteiger partial charge in [0.1, 0.15) is 5.76 Å². The number of halogens is 2. The molecular formula is C15H17F2NO2. The van der Waals surface area contributed by atoms with E-state index < -0.39 is 11.6 Å². The van der Waals surface area contributed by atoms with Gasteiger partial charge in [-0.2, -0.15) is 0 Å². The third kappa shape index (κ3) is 3.43. The summed E-state index contributed by atoms with van der Waals surface area (Å²) in [6, 6.07) is 7.19. The molecule has 3 nitrogen and oxygen atoms in total. The summed E-state index contributed by atoms with van der Waals surface area (Å²) in [6.45, 7) is 2.29. The molecule has 1 N–H and O–H groups in total. The minimum Gasteiger partial charge on any atom is -0.468 e. The molecule has 2 aromatic rings. The van der Waals surface area contributed by atoms with Gasteiger partial charge >= 0.3 is 0 Å². The van der Waals surface area contributed by atoms with E-state index >= 15 is 0 Å². The van der Waals surface area contributed by atoms with E-state index in [0.717, 1.165) is 11.8 Å². The van der Waals surface area contributed by atoms with Gasteiger partial charge in [-0.05, 0) is 36.8 Å². The van der Waals surface area contributed by atoms with Gasteiger partial charge in [0.15, 0.2) is 11.6 Å². The largest absolute Gasteiger partial charge is 0.468 e. The second-order valence-electron chi connectivity index (χ2n) is 4.59. The number of methoxy groups -OCH3 is 1. The summed E-state index contributed by atoms with van der Waals surface area (Å²) in [7, 11) is 1.60. The lowest BCUT2D eigenvalue weighted by atomic mass is 10.1. The summed E-state index contributed by atoms with van der Waals surface area (Å²) in [4.78, 5) is 0. The monoisotopic (exact) mass is 281 g/mol. The topological polar surface area (TPSA) is 34.4 Å². The Hall–Kier alpha value is -1.72. The van der Waals surface area contributed by atoms with Crippen LogP contribution in [0.15, 0.2) is 41.0 Å². The number of hydrogen-bond acceptors (Lipinski definition) is 3. The van der Waals surface area contributed by atoms with E-state index in [1.54, 1.807) is 25.5 Å². The molecule has 20 heavy (non-hydrogen) atoms. The summed E-state index contributed by atoms with van der Waals surface area (Å²) in [5, 5.41) is 3.28. The van der Waals surface area contributed by atoms with Crippen LogP contribution in [0.2, 0.25) is 0 Å². The Labute approximate surface area is 116 Å². The van der Waals surface area contributed by atoms with E-state index in [-0.39, 0.29) is 12.1 Å². The molecule has 2 rings (SSSR count). The van der Waals surface area contributed by atoms with Crippen LogP contribution in [0.25, 0.3) is 0 Å². The van der Waals surface area contributed by atoms with Crippen LogP contribution in [-0.2, 0) is 4.74 Å². The zero-order valence-corrected chi connectivity index (χ0v) is 11.4. The van der Waals surface area contributed by atoms with Crippen molar-refractivity contribution < 1.29 is 17.9 Å². The molecule has 0 spiro atoms. The fourth-order valence-corrected chi connectivity index (χ4v) is 2.05. The van der Waals surface area contributed by atoms with Gasteiger partial charge in [-0.25, -0.2) is 8.78 Å². The fourth-order valence-electron chi connectivity index (χ4n) is 2.05. The molecule has 0 saturated heterocycles. The summed E-state index contributed by atoms with van der Waals surface area (Å²) in [5.41, 5.74) is 0.663. The summed E-state index contributed by atoms with van der Waals surface area (Å²) >= 11 is 0. The van der Waals surface area contributed by atoms with Crippen molar-refractivity contribution >= 4 is 0 Å². The summed E-state index contributed by atoms with van der Waals surface area (Å²) in [5.74, 6) is -0.959.